The molecular weight excluding hydrogens is 234 g/mol. The number of benzene rings is 1. The van der Waals surface area contributed by atoms with Gasteiger partial charge in [0.1, 0.15) is 6.61 Å². The Balaban J connectivity index is 2.49. The van der Waals surface area contributed by atoms with Gasteiger partial charge in [0.15, 0.2) is 0 Å². The van der Waals surface area contributed by atoms with E-state index in [-0.39, 0.29) is 19.0 Å². The van der Waals surface area contributed by atoms with Crippen molar-refractivity contribution in [3.05, 3.63) is 29.8 Å². The Morgan fingerprint density at radius 1 is 1.39 bits per heavy atom. The molecule has 0 heterocycles. The van der Waals surface area contributed by atoms with Crippen molar-refractivity contribution < 1.29 is 19.1 Å². The third-order valence-corrected chi connectivity index (χ3v) is 2.54. The predicted octanol–water partition coefficient (Wildman–Crippen LogP) is 1.48. The fourth-order valence-corrected chi connectivity index (χ4v) is 1.43. The zero-order valence-corrected chi connectivity index (χ0v) is 10.5. The van der Waals surface area contributed by atoms with Gasteiger partial charge < -0.3 is 15.2 Å². The SMILES string of the molecule is COC(=O)CCOC(=O)C(C)c1cccc(N)c1. The lowest BCUT2D eigenvalue weighted by molar-refractivity contribution is -0.148. The van der Waals surface area contributed by atoms with Gasteiger partial charge in [-0.1, -0.05) is 12.1 Å². The summed E-state index contributed by atoms with van der Waals surface area (Å²) in [7, 11) is 1.29. The Bertz CT molecular complexity index is 431. The van der Waals surface area contributed by atoms with Crippen molar-refractivity contribution in [2.45, 2.75) is 19.3 Å². The maximum atomic E-state index is 11.7. The van der Waals surface area contributed by atoms with Crippen LogP contribution in [0.4, 0.5) is 5.69 Å². The van der Waals surface area contributed by atoms with Crippen LogP contribution < -0.4 is 5.73 Å². The molecule has 1 unspecified atom stereocenters. The van der Waals surface area contributed by atoms with Crippen molar-refractivity contribution >= 4 is 17.6 Å². The third-order valence-electron chi connectivity index (χ3n) is 2.54. The van der Waals surface area contributed by atoms with Gasteiger partial charge in [-0.05, 0) is 24.6 Å². The molecule has 0 bridgehead atoms. The highest BCUT2D eigenvalue weighted by Crippen LogP contribution is 2.19. The van der Waals surface area contributed by atoms with Gasteiger partial charge in [-0.2, -0.15) is 0 Å². The highest BCUT2D eigenvalue weighted by atomic mass is 16.5. The summed E-state index contributed by atoms with van der Waals surface area (Å²) in [6, 6.07) is 7.07. The molecule has 0 aromatic heterocycles. The summed E-state index contributed by atoms with van der Waals surface area (Å²) in [4.78, 5) is 22.6. The Kier molecular flexibility index (Phi) is 5.17. The minimum absolute atomic E-state index is 0.0260. The van der Waals surface area contributed by atoms with Crippen molar-refractivity contribution in [2.24, 2.45) is 0 Å². The van der Waals surface area contributed by atoms with Gasteiger partial charge in [-0.25, -0.2) is 0 Å². The minimum atomic E-state index is -0.411. The van der Waals surface area contributed by atoms with Gasteiger partial charge in [-0.3, -0.25) is 9.59 Å². The van der Waals surface area contributed by atoms with E-state index in [1.165, 1.54) is 7.11 Å². The number of esters is 2. The second kappa shape index (κ2) is 6.64. The Hall–Kier alpha value is -2.04. The second-order valence-corrected chi connectivity index (χ2v) is 3.89. The smallest absolute Gasteiger partial charge is 0.313 e. The molecule has 1 rings (SSSR count). The lowest BCUT2D eigenvalue weighted by Gasteiger charge is -2.11. The maximum Gasteiger partial charge on any atom is 0.313 e. The molecule has 0 radical (unpaired) electrons. The lowest BCUT2D eigenvalue weighted by atomic mass is 10.0. The van der Waals surface area contributed by atoms with Gasteiger partial charge in [0.2, 0.25) is 0 Å². The van der Waals surface area contributed by atoms with Crippen LogP contribution >= 0.6 is 0 Å². The van der Waals surface area contributed by atoms with Crippen LogP contribution in [0, 0.1) is 0 Å². The molecule has 1 atom stereocenters. The summed E-state index contributed by atoms with van der Waals surface area (Å²) in [6.45, 7) is 1.76. The van der Waals surface area contributed by atoms with E-state index < -0.39 is 11.9 Å². The van der Waals surface area contributed by atoms with Crippen LogP contribution in [-0.4, -0.2) is 25.7 Å². The quantitative estimate of drug-likeness (QED) is 0.633. The zero-order valence-electron chi connectivity index (χ0n) is 10.5. The van der Waals surface area contributed by atoms with Crippen LogP contribution in [0.3, 0.4) is 0 Å². The van der Waals surface area contributed by atoms with Crippen LogP contribution in [0.1, 0.15) is 24.8 Å². The van der Waals surface area contributed by atoms with E-state index in [9.17, 15) is 9.59 Å². The second-order valence-electron chi connectivity index (χ2n) is 3.89. The first-order valence-corrected chi connectivity index (χ1v) is 5.63. The molecule has 0 amide bonds. The largest absolute Gasteiger partial charge is 0.469 e. The van der Waals surface area contributed by atoms with E-state index in [0.717, 1.165) is 5.56 Å². The summed E-state index contributed by atoms with van der Waals surface area (Å²) < 4.78 is 9.44. The zero-order chi connectivity index (χ0) is 13.5. The molecule has 1 aromatic rings. The van der Waals surface area contributed by atoms with Gasteiger partial charge >= 0.3 is 11.9 Å². The predicted molar refractivity (Wildman–Crippen MR) is 66.9 cm³/mol. The number of ether oxygens (including phenoxy) is 2. The standard InChI is InChI=1S/C13H17NO4/c1-9(10-4-3-5-11(14)8-10)13(16)18-7-6-12(15)17-2/h3-5,8-9H,6-7,14H2,1-2H3. The summed E-state index contributed by atoms with van der Waals surface area (Å²) in [5.41, 5.74) is 7.03. The average molecular weight is 251 g/mol. The van der Waals surface area contributed by atoms with Crippen molar-refractivity contribution in [1.29, 1.82) is 0 Å². The van der Waals surface area contributed by atoms with E-state index in [4.69, 9.17) is 10.5 Å². The molecule has 0 aliphatic carbocycles. The molecular formula is C13H17NO4. The number of rotatable bonds is 5. The van der Waals surface area contributed by atoms with Crippen molar-refractivity contribution in [1.82, 2.24) is 0 Å². The first-order chi connectivity index (χ1) is 8.54. The van der Waals surface area contributed by atoms with E-state index in [2.05, 4.69) is 4.74 Å². The van der Waals surface area contributed by atoms with Gasteiger partial charge in [0, 0.05) is 5.69 Å². The number of carbonyl (C=O) groups excluding carboxylic acids is 2. The van der Waals surface area contributed by atoms with Crippen LogP contribution in [0.15, 0.2) is 24.3 Å². The van der Waals surface area contributed by atoms with Crippen LogP contribution in [-0.2, 0) is 19.1 Å². The third kappa shape index (κ3) is 4.08. The minimum Gasteiger partial charge on any atom is -0.469 e. The number of methoxy groups -OCH3 is 1. The van der Waals surface area contributed by atoms with Gasteiger partial charge in [0.25, 0.3) is 0 Å². The van der Waals surface area contributed by atoms with Crippen LogP contribution in [0.25, 0.3) is 0 Å². The molecule has 98 valence electrons. The summed E-state index contributed by atoms with van der Waals surface area (Å²) in [6.07, 6.45) is 0.0614. The van der Waals surface area contributed by atoms with E-state index >= 15 is 0 Å². The Labute approximate surface area is 106 Å². The van der Waals surface area contributed by atoms with E-state index in [1.807, 2.05) is 6.07 Å². The monoisotopic (exact) mass is 251 g/mol. The van der Waals surface area contributed by atoms with Gasteiger partial charge in [0.05, 0.1) is 19.4 Å². The first-order valence-electron chi connectivity index (χ1n) is 5.63. The number of hydrogen-bond acceptors (Lipinski definition) is 5. The first kappa shape index (κ1) is 14.0. The van der Waals surface area contributed by atoms with Crippen molar-refractivity contribution in [2.75, 3.05) is 19.5 Å². The lowest BCUT2D eigenvalue weighted by Crippen LogP contribution is -2.16. The van der Waals surface area contributed by atoms with Crippen molar-refractivity contribution in [3.63, 3.8) is 0 Å². The number of nitrogens with two attached hydrogens (primary N) is 1. The highest BCUT2D eigenvalue weighted by Gasteiger charge is 2.17. The molecule has 0 saturated carbocycles. The number of carbonyl (C=O) groups is 2. The molecule has 1 aromatic carbocycles. The van der Waals surface area contributed by atoms with E-state index in [1.54, 1.807) is 25.1 Å². The fraction of sp³-hybridized carbons (Fsp3) is 0.385. The molecule has 0 spiro atoms. The topological polar surface area (TPSA) is 78.6 Å². The highest BCUT2D eigenvalue weighted by molar-refractivity contribution is 5.78. The molecule has 2 N–H and O–H groups in total. The molecule has 5 nitrogen and oxygen atoms in total. The molecule has 0 aliphatic rings. The number of nitrogen functional groups attached to an aromatic ring is 1. The molecule has 0 aliphatic heterocycles. The average Bonchev–Trinajstić information content (AvgIpc) is 2.37. The van der Waals surface area contributed by atoms with Crippen molar-refractivity contribution in [3.8, 4) is 0 Å². The molecule has 18 heavy (non-hydrogen) atoms. The maximum absolute atomic E-state index is 11.7. The summed E-state index contributed by atoms with van der Waals surface area (Å²) in [5, 5.41) is 0. The molecule has 0 fully saturated rings. The fourth-order valence-electron chi connectivity index (χ4n) is 1.43. The Morgan fingerprint density at radius 2 is 2.11 bits per heavy atom. The van der Waals surface area contributed by atoms with E-state index in [0.29, 0.717) is 5.69 Å². The Morgan fingerprint density at radius 3 is 2.72 bits per heavy atom. The molecule has 0 saturated heterocycles. The van der Waals surface area contributed by atoms with Crippen LogP contribution in [0.2, 0.25) is 0 Å². The summed E-state index contributed by atoms with van der Waals surface area (Å²) >= 11 is 0. The summed E-state index contributed by atoms with van der Waals surface area (Å²) in [5.74, 6) is -1.20. The number of anilines is 1. The van der Waals surface area contributed by atoms with Gasteiger partial charge in [-0.15, -0.1) is 0 Å². The number of hydrogen-bond donors (Lipinski definition) is 1. The normalized spacial score (nSPS) is 11.7. The van der Waals surface area contributed by atoms with Crippen LogP contribution in [0.5, 0.6) is 0 Å². The molecule has 5 heteroatoms.